The minimum absolute atomic E-state index is 0.0347. The molecule has 2 rings (SSSR count). The van der Waals surface area contributed by atoms with E-state index in [-0.39, 0.29) is 10.6 Å². The second kappa shape index (κ2) is 4.44. The molecule has 3 N–H and O–H groups in total. The summed E-state index contributed by atoms with van der Waals surface area (Å²) in [6.45, 7) is 1.55. The molecule has 0 saturated heterocycles. The van der Waals surface area contributed by atoms with Crippen molar-refractivity contribution in [3.05, 3.63) is 35.7 Å². The molecule has 100 valence electrons. The van der Waals surface area contributed by atoms with Gasteiger partial charge in [0.1, 0.15) is 0 Å². The van der Waals surface area contributed by atoms with Gasteiger partial charge in [-0.25, -0.2) is 23.0 Å². The summed E-state index contributed by atoms with van der Waals surface area (Å²) in [5, 5.41) is 21.1. The Morgan fingerprint density at radius 2 is 1.89 bits per heavy atom. The minimum Gasteiger partial charge on any atom is -0.476 e. The molecule has 0 bridgehead atoms. The van der Waals surface area contributed by atoms with Crippen LogP contribution in [-0.2, 0) is 10.0 Å². The van der Waals surface area contributed by atoms with Gasteiger partial charge in [0, 0.05) is 0 Å². The van der Waals surface area contributed by atoms with Crippen LogP contribution in [0.5, 0.6) is 0 Å². The topological polar surface area (TPSA) is 128 Å². The van der Waals surface area contributed by atoms with Gasteiger partial charge in [-0.15, -0.1) is 5.10 Å². The number of hydrogen-bond donors (Lipinski definition) is 2. The normalized spacial score (nSPS) is 11.5. The number of benzene rings is 1. The Labute approximate surface area is 108 Å². The van der Waals surface area contributed by atoms with E-state index in [2.05, 4.69) is 10.3 Å². The summed E-state index contributed by atoms with van der Waals surface area (Å²) >= 11 is 0. The van der Waals surface area contributed by atoms with Gasteiger partial charge in [0.15, 0.2) is 5.69 Å². The van der Waals surface area contributed by atoms with Crippen molar-refractivity contribution in [2.45, 2.75) is 11.8 Å². The van der Waals surface area contributed by atoms with Crippen LogP contribution < -0.4 is 5.14 Å². The Morgan fingerprint density at radius 1 is 1.32 bits per heavy atom. The van der Waals surface area contributed by atoms with E-state index in [0.717, 1.165) is 0 Å². The minimum atomic E-state index is -3.76. The van der Waals surface area contributed by atoms with Crippen molar-refractivity contribution in [2.24, 2.45) is 5.14 Å². The van der Waals surface area contributed by atoms with Gasteiger partial charge in [0.05, 0.1) is 16.3 Å². The summed E-state index contributed by atoms with van der Waals surface area (Å²) in [6, 6.07) is 5.55. The first-order valence-electron chi connectivity index (χ1n) is 5.09. The first-order valence-corrected chi connectivity index (χ1v) is 6.64. The molecule has 0 fully saturated rings. The number of aromatic carboxylic acids is 1. The van der Waals surface area contributed by atoms with Crippen LogP contribution in [0.1, 0.15) is 16.2 Å². The molecule has 0 aliphatic carbocycles. The Morgan fingerprint density at radius 3 is 2.32 bits per heavy atom. The van der Waals surface area contributed by atoms with Crippen molar-refractivity contribution >= 4 is 16.0 Å². The van der Waals surface area contributed by atoms with Crippen molar-refractivity contribution in [2.75, 3.05) is 0 Å². The zero-order chi connectivity index (χ0) is 14.2. The van der Waals surface area contributed by atoms with Crippen LogP contribution in [0.3, 0.4) is 0 Å². The van der Waals surface area contributed by atoms with Gasteiger partial charge in [0.25, 0.3) is 0 Å². The molecular weight excluding hydrogens is 272 g/mol. The summed E-state index contributed by atoms with van der Waals surface area (Å²) in [4.78, 5) is 10.8. The zero-order valence-corrected chi connectivity index (χ0v) is 10.6. The van der Waals surface area contributed by atoms with E-state index >= 15 is 0 Å². The summed E-state index contributed by atoms with van der Waals surface area (Å²) < 4.78 is 23.5. The standard InChI is InChI=1S/C10H10N4O4S/c1-6-9(10(15)16)12-13-14(6)7-2-4-8(5-3-7)19(11,17)18/h2-5H,1H3,(H,15,16)(H2,11,17,18). The molecular formula is C10H10N4O4S. The largest absolute Gasteiger partial charge is 0.476 e. The summed E-state index contributed by atoms with van der Waals surface area (Å²) in [7, 11) is -3.76. The molecule has 0 unspecified atom stereocenters. The highest BCUT2D eigenvalue weighted by molar-refractivity contribution is 7.89. The molecule has 0 aliphatic rings. The van der Waals surface area contributed by atoms with Gasteiger partial charge >= 0.3 is 5.97 Å². The lowest BCUT2D eigenvalue weighted by Crippen LogP contribution is -2.12. The van der Waals surface area contributed by atoms with Crippen LogP contribution in [0, 0.1) is 6.92 Å². The van der Waals surface area contributed by atoms with Crippen molar-refractivity contribution in [3.8, 4) is 5.69 Å². The summed E-state index contributed by atoms with van der Waals surface area (Å²) in [6.07, 6.45) is 0. The molecule has 9 heteroatoms. The van der Waals surface area contributed by atoms with E-state index < -0.39 is 16.0 Å². The third kappa shape index (κ3) is 2.46. The first kappa shape index (κ1) is 13.2. The quantitative estimate of drug-likeness (QED) is 0.810. The van der Waals surface area contributed by atoms with Crippen molar-refractivity contribution in [3.63, 3.8) is 0 Å². The number of carboxylic acids is 1. The molecule has 0 amide bonds. The number of primary sulfonamides is 1. The Bertz CT molecular complexity index is 733. The van der Waals surface area contributed by atoms with Crippen LogP contribution in [0.15, 0.2) is 29.2 Å². The number of carboxylic acid groups (broad SMARTS) is 1. The molecule has 1 aromatic carbocycles. The molecule has 1 aromatic heterocycles. The lowest BCUT2D eigenvalue weighted by molar-refractivity contribution is 0.0689. The lowest BCUT2D eigenvalue weighted by atomic mass is 10.3. The van der Waals surface area contributed by atoms with E-state index in [1.165, 1.54) is 28.9 Å². The zero-order valence-electron chi connectivity index (χ0n) is 9.81. The summed E-state index contributed by atoms with van der Waals surface area (Å²) in [5.74, 6) is -1.18. The van der Waals surface area contributed by atoms with Crippen LogP contribution in [-0.4, -0.2) is 34.5 Å². The average molecular weight is 282 g/mol. The molecule has 0 radical (unpaired) electrons. The fraction of sp³-hybridized carbons (Fsp3) is 0.100. The predicted octanol–water partition coefficient (Wildman–Crippen LogP) is -0.0787. The van der Waals surface area contributed by atoms with E-state index in [9.17, 15) is 13.2 Å². The SMILES string of the molecule is Cc1c(C(=O)O)nnn1-c1ccc(S(N)(=O)=O)cc1. The van der Waals surface area contributed by atoms with Gasteiger partial charge in [-0.05, 0) is 31.2 Å². The Hall–Kier alpha value is -2.26. The fourth-order valence-corrected chi connectivity index (χ4v) is 2.06. The predicted molar refractivity (Wildman–Crippen MR) is 64.4 cm³/mol. The highest BCUT2D eigenvalue weighted by atomic mass is 32.2. The number of nitrogens with zero attached hydrogens (tertiary/aromatic N) is 3. The molecule has 2 aromatic rings. The monoisotopic (exact) mass is 282 g/mol. The van der Waals surface area contributed by atoms with Gasteiger partial charge in [0.2, 0.25) is 10.0 Å². The highest BCUT2D eigenvalue weighted by Gasteiger charge is 2.16. The maximum Gasteiger partial charge on any atom is 0.358 e. The second-order valence-corrected chi connectivity index (χ2v) is 5.34. The second-order valence-electron chi connectivity index (χ2n) is 3.78. The number of hydrogen-bond acceptors (Lipinski definition) is 5. The van der Waals surface area contributed by atoms with E-state index in [1.807, 2.05) is 0 Å². The van der Waals surface area contributed by atoms with E-state index in [0.29, 0.717) is 11.4 Å². The van der Waals surface area contributed by atoms with Gasteiger partial charge in [-0.1, -0.05) is 5.21 Å². The molecule has 0 atom stereocenters. The lowest BCUT2D eigenvalue weighted by Gasteiger charge is -2.04. The Balaban J connectivity index is 2.46. The van der Waals surface area contributed by atoms with Crippen LogP contribution in [0.25, 0.3) is 5.69 Å². The van der Waals surface area contributed by atoms with E-state index in [4.69, 9.17) is 10.2 Å². The third-order valence-corrected chi connectivity index (χ3v) is 3.44. The fourth-order valence-electron chi connectivity index (χ4n) is 1.55. The van der Waals surface area contributed by atoms with Gasteiger partial charge in [-0.2, -0.15) is 0 Å². The Kier molecular flexibility index (Phi) is 3.08. The van der Waals surface area contributed by atoms with Crippen molar-refractivity contribution in [1.29, 1.82) is 0 Å². The van der Waals surface area contributed by atoms with Gasteiger partial charge in [-0.3, -0.25) is 0 Å². The molecule has 0 spiro atoms. The molecule has 1 heterocycles. The smallest absolute Gasteiger partial charge is 0.358 e. The first-order chi connectivity index (χ1) is 8.80. The van der Waals surface area contributed by atoms with Crippen molar-refractivity contribution in [1.82, 2.24) is 15.0 Å². The van der Waals surface area contributed by atoms with Crippen LogP contribution >= 0.6 is 0 Å². The third-order valence-electron chi connectivity index (χ3n) is 2.51. The molecule has 0 saturated carbocycles. The van der Waals surface area contributed by atoms with Crippen LogP contribution in [0.2, 0.25) is 0 Å². The number of carbonyl (C=O) groups is 1. The number of nitrogens with two attached hydrogens (primary N) is 1. The molecule has 8 nitrogen and oxygen atoms in total. The average Bonchev–Trinajstić information content (AvgIpc) is 2.70. The highest BCUT2D eigenvalue weighted by Crippen LogP contribution is 2.15. The number of sulfonamides is 1. The van der Waals surface area contributed by atoms with E-state index in [1.54, 1.807) is 6.92 Å². The van der Waals surface area contributed by atoms with Crippen molar-refractivity contribution < 1.29 is 18.3 Å². The van der Waals surface area contributed by atoms with Crippen LogP contribution in [0.4, 0.5) is 0 Å². The maximum atomic E-state index is 11.1. The number of aromatic nitrogens is 3. The van der Waals surface area contributed by atoms with Gasteiger partial charge < -0.3 is 5.11 Å². The number of rotatable bonds is 3. The summed E-state index contributed by atoms with van der Waals surface area (Å²) in [5.41, 5.74) is 0.677. The molecule has 19 heavy (non-hydrogen) atoms. The molecule has 0 aliphatic heterocycles. The maximum absolute atomic E-state index is 11.1.